The van der Waals surface area contributed by atoms with Gasteiger partial charge in [0.1, 0.15) is 17.7 Å². The fraction of sp³-hybridized carbons (Fsp3) is 0.467. The molecule has 0 aliphatic rings. The first-order chi connectivity index (χ1) is 11.7. The maximum atomic E-state index is 13.6. The number of unbranched alkanes of at least 4 members (excludes halogenated alkanes) is 1. The number of hydrogen-bond donors (Lipinski definition) is 2. The van der Waals surface area contributed by atoms with Gasteiger partial charge in [-0.15, -0.1) is 0 Å². The summed E-state index contributed by atoms with van der Waals surface area (Å²) in [5.41, 5.74) is 0. The van der Waals surface area contributed by atoms with E-state index in [2.05, 4.69) is 10.1 Å². The molecule has 0 aliphatic carbocycles. The predicted molar refractivity (Wildman–Crippen MR) is 85.0 cm³/mol. The summed E-state index contributed by atoms with van der Waals surface area (Å²) in [4.78, 5) is 22.3. The van der Waals surface area contributed by atoms with E-state index in [0.717, 1.165) is 31.7 Å². The zero-order valence-corrected chi connectivity index (χ0v) is 14.7. The molecule has 0 saturated carbocycles. The Hall–Kier alpha value is -2.07. The summed E-state index contributed by atoms with van der Waals surface area (Å²) >= 11 is 0. The molecule has 1 rings (SSSR count). The van der Waals surface area contributed by atoms with Gasteiger partial charge in [0.25, 0.3) is 0 Å². The van der Waals surface area contributed by atoms with Gasteiger partial charge in [0.05, 0.1) is 13.7 Å². The minimum absolute atomic E-state index is 0.323. The zero-order chi connectivity index (χ0) is 19.0. The lowest BCUT2D eigenvalue weighted by molar-refractivity contribution is -0.145. The highest BCUT2D eigenvalue weighted by Crippen LogP contribution is 2.17. The molecule has 0 fully saturated rings. The lowest BCUT2D eigenvalue weighted by atomic mass is 10.1. The second-order valence-corrected chi connectivity index (χ2v) is 6.86. The van der Waals surface area contributed by atoms with E-state index in [9.17, 15) is 26.8 Å². The van der Waals surface area contributed by atoms with E-state index >= 15 is 0 Å². The monoisotopic (exact) mass is 378 g/mol. The number of hydrogen-bond acceptors (Lipinski definition) is 5. The minimum Gasteiger partial charge on any atom is -0.467 e. The van der Waals surface area contributed by atoms with Crippen LogP contribution in [0.2, 0.25) is 0 Å². The van der Waals surface area contributed by atoms with Crippen molar-refractivity contribution in [1.82, 2.24) is 10.0 Å². The molecule has 0 saturated heterocycles. The Morgan fingerprint density at radius 1 is 1.24 bits per heavy atom. The normalized spacial score (nSPS) is 12.5. The van der Waals surface area contributed by atoms with Crippen LogP contribution in [-0.2, 0) is 24.3 Å². The van der Waals surface area contributed by atoms with Gasteiger partial charge in [-0.05, 0) is 18.6 Å². The highest BCUT2D eigenvalue weighted by molar-refractivity contribution is 7.89. The fourth-order valence-electron chi connectivity index (χ4n) is 2.02. The molecule has 0 aliphatic heterocycles. The lowest BCUT2D eigenvalue weighted by Gasteiger charge is -2.16. The third-order valence-electron chi connectivity index (χ3n) is 3.28. The van der Waals surface area contributed by atoms with Gasteiger partial charge >= 0.3 is 5.97 Å². The maximum absolute atomic E-state index is 13.6. The topological polar surface area (TPSA) is 102 Å². The quantitative estimate of drug-likeness (QED) is 0.627. The molecule has 0 heterocycles. The number of sulfonamides is 1. The van der Waals surface area contributed by atoms with Gasteiger partial charge in [-0.2, -0.15) is 0 Å². The molecule has 1 aromatic carbocycles. The van der Waals surface area contributed by atoms with Gasteiger partial charge in [0.15, 0.2) is 4.90 Å². The van der Waals surface area contributed by atoms with Gasteiger partial charge in [-0.3, -0.25) is 4.79 Å². The molecule has 0 radical (unpaired) electrons. The molecule has 1 amide bonds. The lowest BCUT2D eigenvalue weighted by Crippen LogP contribution is -2.46. The maximum Gasteiger partial charge on any atom is 0.328 e. The smallest absolute Gasteiger partial charge is 0.328 e. The Labute approximate surface area is 144 Å². The van der Waals surface area contributed by atoms with Gasteiger partial charge < -0.3 is 10.1 Å². The molecular formula is C15H20F2N2O5S. The molecule has 10 heteroatoms. The number of ether oxygens (including phenoxy) is 1. The van der Waals surface area contributed by atoms with Crippen molar-refractivity contribution in [1.29, 1.82) is 0 Å². The summed E-state index contributed by atoms with van der Waals surface area (Å²) in [6, 6.07) is 1.67. The van der Waals surface area contributed by atoms with E-state index in [1.807, 2.05) is 6.92 Å². The third-order valence-corrected chi connectivity index (χ3v) is 4.73. The van der Waals surface area contributed by atoms with Crippen LogP contribution >= 0.6 is 0 Å². The van der Waals surface area contributed by atoms with Crippen molar-refractivity contribution in [2.45, 2.75) is 37.1 Å². The molecule has 140 valence electrons. The highest BCUT2D eigenvalue weighted by atomic mass is 32.2. The predicted octanol–water partition coefficient (Wildman–Crippen LogP) is 1.09. The largest absolute Gasteiger partial charge is 0.467 e. The molecule has 7 nitrogen and oxygen atoms in total. The van der Waals surface area contributed by atoms with Crippen LogP contribution in [0.4, 0.5) is 8.78 Å². The Morgan fingerprint density at radius 2 is 1.84 bits per heavy atom. The third kappa shape index (κ3) is 6.05. The molecule has 0 spiro atoms. The molecule has 1 aromatic rings. The molecule has 1 unspecified atom stereocenters. The molecule has 1 atom stereocenters. The Bertz CT molecular complexity index is 704. The van der Waals surface area contributed by atoms with Gasteiger partial charge in [-0.25, -0.2) is 26.7 Å². The summed E-state index contributed by atoms with van der Waals surface area (Å²) in [6.45, 7) is 1.11. The highest BCUT2D eigenvalue weighted by Gasteiger charge is 2.26. The summed E-state index contributed by atoms with van der Waals surface area (Å²) in [5.74, 6) is -4.04. The number of esters is 1. The second kappa shape index (κ2) is 9.42. The first-order valence-corrected chi connectivity index (χ1v) is 9.02. The van der Waals surface area contributed by atoms with Crippen molar-refractivity contribution in [2.75, 3.05) is 13.7 Å². The van der Waals surface area contributed by atoms with Gasteiger partial charge in [-0.1, -0.05) is 25.8 Å². The van der Waals surface area contributed by atoms with E-state index in [-0.39, 0.29) is 0 Å². The summed E-state index contributed by atoms with van der Waals surface area (Å²) in [7, 11) is -3.41. The average Bonchev–Trinajstić information content (AvgIpc) is 2.55. The van der Waals surface area contributed by atoms with Crippen LogP contribution < -0.4 is 10.0 Å². The van der Waals surface area contributed by atoms with Crippen LogP contribution in [0.5, 0.6) is 0 Å². The van der Waals surface area contributed by atoms with E-state index < -0.39 is 51.0 Å². The van der Waals surface area contributed by atoms with Crippen LogP contribution in [0.1, 0.15) is 26.2 Å². The molecule has 0 bridgehead atoms. The summed E-state index contributed by atoms with van der Waals surface area (Å²) in [5, 5.41) is 2.33. The Morgan fingerprint density at radius 3 is 2.36 bits per heavy atom. The SMILES string of the molecule is CCCCC(NC(=O)CNS(=O)(=O)c1c(F)cccc1F)C(=O)OC. The number of methoxy groups -OCH3 is 1. The number of halogens is 2. The zero-order valence-electron chi connectivity index (χ0n) is 13.8. The number of amides is 1. The number of benzene rings is 1. The Kier molecular flexibility index (Phi) is 7.91. The van der Waals surface area contributed by atoms with Crippen molar-refractivity contribution in [3.05, 3.63) is 29.8 Å². The second-order valence-electron chi connectivity index (χ2n) is 5.16. The fourth-order valence-corrected chi connectivity index (χ4v) is 3.13. The van der Waals surface area contributed by atoms with Crippen LogP contribution in [0.3, 0.4) is 0 Å². The van der Waals surface area contributed by atoms with Crippen molar-refractivity contribution < 1.29 is 31.5 Å². The van der Waals surface area contributed by atoms with Gasteiger partial charge in [0.2, 0.25) is 15.9 Å². The first-order valence-electron chi connectivity index (χ1n) is 7.53. The van der Waals surface area contributed by atoms with Crippen molar-refractivity contribution >= 4 is 21.9 Å². The van der Waals surface area contributed by atoms with E-state index in [0.29, 0.717) is 12.8 Å². The number of rotatable bonds is 9. The molecule has 2 N–H and O–H groups in total. The summed E-state index contributed by atoms with van der Waals surface area (Å²) in [6.07, 6.45) is 1.75. The number of nitrogens with one attached hydrogen (secondary N) is 2. The average molecular weight is 378 g/mol. The van der Waals surface area contributed by atoms with E-state index in [4.69, 9.17) is 0 Å². The van der Waals surface area contributed by atoms with Crippen LogP contribution in [0, 0.1) is 11.6 Å². The first kappa shape index (κ1) is 21.0. The molecular weight excluding hydrogens is 358 g/mol. The van der Waals surface area contributed by atoms with E-state index in [1.165, 1.54) is 0 Å². The van der Waals surface area contributed by atoms with Gasteiger partial charge in [0, 0.05) is 0 Å². The van der Waals surface area contributed by atoms with Crippen LogP contribution in [0.25, 0.3) is 0 Å². The van der Waals surface area contributed by atoms with E-state index in [1.54, 1.807) is 4.72 Å². The standard InChI is InChI=1S/C15H20F2N2O5S/c1-3-4-8-12(15(21)24-2)19-13(20)9-18-25(22,23)14-10(16)6-5-7-11(14)17/h5-7,12,18H,3-4,8-9H2,1-2H3,(H,19,20). The minimum atomic E-state index is -4.57. The van der Waals surface area contributed by atoms with Crippen molar-refractivity contribution in [3.63, 3.8) is 0 Å². The summed E-state index contributed by atoms with van der Waals surface area (Å²) < 4.78 is 57.4. The molecule has 0 aromatic heterocycles. The number of carbonyl (C=O) groups excluding carboxylic acids is 2. The Balaban J connectivity index is 2.75. The van der Waals surface area contributed by atoms with Crippen LogP contribution in [-0.4, -0.2) is 40.0 Å². The van der Waals surface area contributed by atoms with Crippen molar-refractivity contribution in [3.8, 4) is 0 Å². The van der Waals surface area contributed by atoms with Crippen LogP contribution in [0.15, 0.2) is 23.1 Å². The number of carbonyl (C=O) groups is 2. The molecule has 25 heavy (non-hydrogen) atoms. The van der Waals surface area contributed by atoms with Crippen molar-refractivity contribution in [2.24, 2.45) is 0 Å².